The molecule has 0 amide bonds. The third kappa shape index (κ3) is 4.07. The van der Waals surface area contributed by atoms with Crippen LogP contribution in [-0.4, -0.2) is 49.0 Å². The first-order valence-corrected chi connectivity index (χ1v) is 8.47. The summed E-state index contributed by atoms with van der Waals surface area (Å²) in [4.78, 5) is 6.88. The van der Waals surface area contributed by atoms with E-state index in [0.717, 1.165) is 35.8 Å². The summed E-state index contributed by atoms with van der Waals surface area (Å²) in [5.74, 6) is 7.39. The fraction of sp³-hybridized carbons (Fsp3) is 0.800. The normalized spacial score (nSPS) is 26.9. The van der Waals surface area contributed by atoms with Gasteiger partial charge in [-0.2, -0.15) is 0 Å². The van der Waals surface area contributed by atoms with Crippen LogP contribution in [0.2, 0.25) is 0 Å². The van der Waals surface area contributed by atoms with E-state index in [1.54, 1.807) is 11.8 Å². The van der Waals surface area contributed by atoms with Crippen LogP contribution in [0.5, 0.6) is 0 Å². The van der Waals surface area contributed by atoms with Crippen LogP contribution < -0.4 is 5.32 Å². The molecule has 0 bridgehead atoms. The molecule has 2 rings (SSSR count). The van der Waals surface area contributed by atoms with E-state index in [4.69, 9.17) is 6.42 Å². The van der Waals surface area contributed by atoms with Gasteiger partial charge in [-0.25, -0.2) is 0 Å². The van der Waals surface area contributed by atoms with Crippen LogP contribution in [0.25, 0.3) is 0 Å². The largest absolute Gasteiger partial charge is 0.355 e. The van der Waals surface area contributed by atoms with E-state index >= 15 is 0 Å². The number of terminal acetylenes is 1. The highest BCUT2D eigenvalue weighted by Crippen LogP contribution is 2.35. The summed E-state index contributed by atoms with van der Waals surface area (Å²) in [6, 6.07) is 0. The highest BCUT2D eigenvalue weighted by atomic mass is 32.2. The monoisotopic (exact) mass is 279 g/mol. The molecule has 106 valence electrons. The topological polar surface area (TPSA) is 27.6 Å². The molecule has 2 atom stereocenters. The van der Waals surface area contributed by atoms with Crippen molar-refractivity contribution in [3.63, 3.8) is 0 Å². The molecule has 1 heterocycles. The number of thioether (sulfide) groups is 1. The third-order valence-corrected chi connectivity index (χ3v) is 5.07. The number of guanidine groups is 1. The number of nitrogens with one attached hydrogen (secondary N) is 1. The first-order valence-electron chi connectivity index (χ1n) is 7.32. The van der Waals surface area contributed by atoms with Crippen molar-refractivity contribution in [3.8, 4) is 12.3 Å². The van der Waals surface area contributed by atoms with Gasteiger partial charge in [-0.15, -0.1) is 18.2 Å². The predicted octanol–water partition coefficient (Wildman–Crippen LogP) is 2.05. The first kappa shape index (κ1) is 14.6. The number of aliphatic imine (C=N–C) groups is 1. The first-order chi connectivity index (χ1) is 9.35. The van der Waals surface area contributed by atoms with Gasteiger partial charge in [-0.1, -0.05) is 18.8 Å². The zero-order valence-electron chi connectivity index (χ0n) is 11.9. The molecule has 1 saturated heterocycles. The SMILES string of the molecule is C#CCSCCNC(=NC)N1CC2CCCCC2C1. The Morgan fingerprint density at radius 2 is 2.05 bits per heavy atom. The number of hydrogen-bond donors (Lipinski definition) is 1. The zero-order chi connectivity index (χ0) is 13.5. The lowest BCUT2D eigenvalue weighted by molar-refractivity contribution is 0.299. The minimum absolute atomic E-state index is 0.800. The van der Waals surface area contributed by atoms with Gasteiger partial charge in [0.15, 0.2) is 5.96 Å². The van der Waals surface area contributed by atoms with E-state index in [9.17, 15) is 0 Å². The second kappa shape index (κ2) is 7.69. The molecule has 2 fully saturated rings. The summed E-state index contributed by atoms with van der Waals surface area (Å²) in [6.07, 6.45) is 10.9. The molecule has 19 heavy (non-hydrogen) atoms. The average molecular weight is 279 g/mol. The quantitative estimate of drug-likeness (QED) is 0.369. The Bertz CT molecular complexity index is 334. The Kier molecular flexibility index (Phi) is 5.91. The molecule has 0 spiro atoms. The van der Waals surface area contributed by atoms with Crippen molar-refractivity contribution in [2.24, 2.45) is 16.8 Å². The molecule has 0 radical (unpaired) electrons. The molecule has 1 saturated carbocycles. The highest BCUT2D eigenvalue weighted by molar-refractivity contribution is 7.99. The van der Waals surface area contributed by atoms with Gasteiger partial charge in [0, 0.05) is 32.4 Å². The highest BCUT2D eigenvalue weighted by Gasteiger charge is 2.35. The van der Waals surface area contributed by atoms with E-state index in [0.29, 0.717) is 0 Å². The van der Waals surface area contributed by atoms with Crippen molar-refractivity contribution >= 4 is 17.7 Å². The number of likely N-dealkylation sites (tertiary alicyclic amines) is 1. The van der Waals surface area contributed by atoms with Crippen molar-refractivity contribution in [2.75, 3.05) is 38.2 Å². The number of hydrogen-bond acceptors (Lipinski definition) is 2. The molecule has 1 aliphatic heterocycles. The van der Waals surface area contributed by atoms with Gasteiger partial charge in [-0.05, 0) is 24.7 Å². The van der Waals surface area contributed by atoms with Crippen LogP contribution in [0.15, 0.2) is 4.99 Å². The Labute approximate surface area is 121 Å². The minimum Gasteiger partial charge on any atom is -0.355 e. The fourth-order valence-corrected chi connectivity index (χ4v) is 3.79. The van der Waals surface area contributed by atoms with Gasteiger partial charge < -0.3 is 10.2 Å². The maximum Gasteiger partial charge on any atom is 0.193 e. The summed E-state index contributed by atoms with van der Waals surface area (Å²) >= 11 is 1.80. The van der Waals surface area contributed by atoms with E-state index < -0.39 is 0 Å². The van der Waals surface area contributed by atoms with E-state index in [1.807, 2.05) is 7.05 Å². The summed E-state index contributed by atoms with van der Waals surface area (Å²) in [5, 5.41) is 3.47. The van der Waals surface area contributed by atoms with Gasteiger partial charge in [0.05, 0.1) is 5.75 Å². The van der Waals surface area contributed by atoms with E-state index in [-0.39, 0.29) is 0 Å². The molecule has 1 aliphatic carbocycles. The van der Waals surface area contributed by atoms with E-state index in [2.05, 4.69) is 21.1 Å². The molecule has 0 aromatic rings. The number of fused-ring (bicyclic) bond motifs is 1. The molecule has 2 aliphatic rings. The molecule has 4 heteroatoms. The van der Waals surface area contributed by atoms with Crippen molar-refractivity contribution in [2.45, 2.75) is 25.7 Å². The Hall–Kier alpha value is -0.820. The van der Waals surface area contributed by atoms with Gasteiger partial charge >= 0.3 is 0 Å². The summed E-state index contributed by atoms with van der Waals surface area (Å²) < 4.78 is 0. The van der Waals surface area contributed by atoms with E-state index in [1.165, 1.54) is 38.8 Å². The Morgan fingerprint density at radius 1 is 1.37 bits per heavy atom. The van der Waals surface area contributed by atoms with Crippen molar-refractivity contribution in [3.05, 3.63) is 0 Å². The lowest BCUT2D eigenvalue weighted by Gasteiger charge is -2.22. The average Bonchev–Trinajstić information content (AvgIpc) is 2.86. The van der Waals surface area contributed by atoms with Crippen molar-refractivity contribution in [1.29, 1.82) is 0 Å². The van der Waals surface area contributed by atoms with Gasteiger partial charge in [0.2, 0.25) is 0 Å². The number of nitrogens with zero attached hydrogens (tertiary/aromatic N) is 2. The summed E-state index contributed by atoms with van der Waals surface area (Å²) in [7, 11) is 1.89. The summed E-state index contributed by atoms with van der Waals surface area (Å²) in [6.45, 7) is 3.34. The van der Waals surface area contributed by atoms with Crippen LogP contribution in [0, 0.1) is 24.2 Å². The van der Waals surface area contributed by atoms with Crippen LogP contribution >= 0.6 is 11.8 Å². The van der Waals surface area contributed by atoms with Crippen LogP contribution in [0.4, 0.5) is 0 Å². The second-order valence-corrected chi connectivity index (χ2v) is 6.55. The van der Waals surface area contributed by atoms with Crippen LogP contribution in [0.1, 0.15) is 25.7 Å². The minimum atomic E-state index is 0.800. The Balaban J connectivity index is 1.74. The molecule has 3 nitrogen and oxygen atoms in total. The van der Waals surface area contributed by atoms with Gasteiger partial charge in [0.25, 0.3) is 0 Å². The van der Waals surface area contributed by atoms with Gasteiger partial charge in [-0.3, -0.25) is 4.99 Å². The van der Waals surface area contributed by atoms with Crippen LogP contribution in [-0.2, 0) is 0 Å². The molecular weight excluding hydrogens is 254 g/mol. The molecule has 1 N–H and O–H groups in total. The smallest absolute Gasteiger partial charge is 0.193 e. The van der Waals surface area contributed by atoms with Crippen LogP contribution in [0.3, 0.4) is 0 Å². The maximum atomic E-state index is 5.24. The van der Waals surface area contributed by atoms with Crippen molar-refractivity contribution < 1.29 is 0 Å². The maximum absolute atomic E-state index is 5.24. The third-order valence-electron chi connectivity index (χ3n) is 4.20. The summed E-state index contributed by atoms with van der Waals surface area (Å²) in [5.41, 5.74) is 0. The molecular formula is C15H25N3S. The fourth-order valence-electron chi connectivity index (χ4n) is 3.28. The standard InChI is InChI=1S/C15H25N3S/c1-3-9-19-10-8-17-15(16-2)18-11-13-6-4-5-7-14(13)12-18/h1,13-14H,4-12H2,2H3,(H,16,17). The van der Waals surface area contributed by atoms with Crippen molar-refractivity contribution in [1.82, 2.24) is 10.2 Å². The van der Waals surface area contributed by atoms with Gasteiger partial charge in [0.1, 0.15) is 0 Å². The zero-order valence-corrected chi connectivity index (χ0v) is 12.7. The molecule has 0 aromatic carbocycles. The Morgan fingerprint density at radius 3 is 2.63 bits per heavy atom. The lowest BCUT2D eigenvalue weighted by Crippen LogP contribution is -2.41. The molecule has 2 unspecified atom stereocenters. The molecule has 0 aromatic heterocycles. The predicted molar refractivity (Wildman–Crippen MR) is 84.5 cm³/mol. The second-order valence-electron chi connectivity index (χ2n) is 5.44. The lowest BCUT2D eigenvalue weighted by atomic mass is 9.82. The number of rotatable bonds is 4.